The highest BCUT2D eigenvalue weighted by Crippen LogP contribution is 2.30. The third-order valence-corrected chi connectivity index (χ3v) is 4.39. The zero-order valence-electron chi connectivity index (χ0n) is 11.2. The van der Waals surface area contributed by atoms with E-state index >= 15 is 0 Å². The van der Waals surface area contributed by atoms with Gasteiger partial charge in [0.25, 0.3) is 5.91 Å². The van der Waals surface area contributed by atoms with E-state index in [9.17, 15) is 4.79 Å². The molecular formula is C16H14BrClN2O. The molecule has 2 aromatic carbocycles. The fourth-order valence-electron chi connectivity index (χ4n) is 2.63. The highest BCUT2D eigenvalue weighted by Gasteiger charge is 2.28. The zero-order chi connectivity index (χ0) is 15.0. The summed E-state index contributed by atoms with van der Waals surface area (Å²) in [6.07, 6.45) is 0.786. The number of rotatable bonds is 1. The van der Waals surface area contributed by atoms with Gasteiger partial charge in [0.15, 0.2) is 0 Å². The van der Waals surface area contributed by atoms with Gasteiger partial charge in [-0.3, -0.25) is 4.79 Å². The van der Waals surface area contributed by atoms with Gasteiger partial charge in [-0.15, -0.1) is 0 Å². The number of amides is 1. The van der Waals surface area contributed by atoms with Crippen molar-refractivity contribution in [2.24, 2.45) is 5.73 Å². The van der Waals surface area contributed by atoms with Crippen LogP contribution in [0.2, 0.25) is 5.02 Å². The first-order valence-electron chi connectivity index (χ1n) is 6.66. The standard InChI is InChI=1S/C16H14BrClN2O/c17-11-5-6-13(14(18)8-11)16(21)20-9-12(19)7-10-3-1-2-4-15(10)20/h1-6,8,12H,7,9,19H2. The number of nitrogens with zero attached hydrogens (tertiary/aromatic N) is 1. The number of halogens is 2. The Kier molecular flexibility index (Phi) is 4.02. The Balaban J connectivity index is 2.02. The van der Waals surface area contributed by atoms with Crippen LogP contribution in [0.4, 0.5) is 5.69 Å². The van der Waals surface area contributed by atoms with Crippen LogP contribution in [0.15, 0.2) is 46.9 Å². The highest BCUT2D eigenvalue weighted by molar-refractivity contribution is 9.10. The number of nitrogens with two attached hydrogens (primary N) is 1. The molecule has 0 aromatic heterocycles. The monoisotopic (exact) mass is 364 g/mol. The van der Waals surface area contributed by atoms with Crippen molar-refractivity contribution in [3.05, 3.63) is 63.1 Å². The Labute approximate surface area is 136 Å². The molecule has 3 nitrogen and oxygen atoms in total. The van der Waals surface area contributed by atoms with Crippen molar-refractivity contribution in [3.63, 3.8) is 0 Å². The van der Waals surface area contributed by atoms with E-state index in [1.54, 1.807) is 17.0 Å². The SMILES string of the molecule is NC1Cc2ccccc2N(C(=O)c2ccc(Br)cc2Cl)C1. The van der Waals surface area contributed by atoms with Crippen molar-refractivity contribution in [1.82, 2.24) is 0 Å². The Morgan fingerprint density at radius 3 is 2.81 bits per heavy atom. The van der Waals surface area contributed by atoms with Crippen molar-refractivity contribution < 1.29 is 4.79 Å². The van der Waals surface area contributed by atoms with E-state index in [1.165, 1.54) is 0 Å². The lowest BCUT2D eigenvalue weighted by molar-refractivity contribution is 0.0983. The van der Waals surface area contributed by atoms with E-state index in [4.69, 9.17) is 17.3 Å². The molecule has 0 fully saturated rings. The number of fused-ring (bicyclic) bond motifs is 1. The summed E-state index contributed by atoms with van der Waals surface area (Å²) in [7, 11) is 0. The third-order valence-electron chi connectivity index (χ3n) is 3.59. The molecule has 1 amide bonds. The van der Waals surface area contributed by atoms with E-state index in [0.29, 0.717) is 17.1 Å². The number of hydrogen-bond acceptors (Lipinski definition) is 2. The minimum Gasteiger partial charge on any atom is -0.326 e. The van der Waals surface area contributed by atoms with Crippen LogP contribution in [-0.4, -0.2) is 18.5 Å². The van der Waals surface area contributed by atoms with Gasteiger partial charge in [0.1, 0.15) is 0 Å². The number of carbonyl (C=O) groups excluding carboxylic acids is 1. The van der Waals surface area contributed by atoms with Gasteiger partial charge >= 0.3 is 0 Å². The lowest BCUT2D eigenvalue weighted by Crippen LogP contribution is -2.46. The second kappa shape index (κ2) is 5.79. The van der Waals surface area contributed by atoms with Crippen molar-refractivity contribution in [2.75, 3.05) is 11.4 Å². The number of carbonyl (C=O) groups is 1. The molecule has 0 bridgehead atoms. The van der Waals surface area contributed by atoms with Crippen LogP contribution in [0.3, 0.4) is 0 Å². The maximum Gasteiger partial charge on any atom is 0.259 e. The number of para-hydroxylation sites is 1. The van der Waals surface area contributed by atoms with Crippen LogP contribution < -0.4 is 10.6 Å². The predicted octanol–water partition coefficient (Wildman–Crippen LogP) is 3.63. The predicted molar refractivity (Wildman–Crippen MR) is 88.9 cm³/mol. The average molecular weight is 366 g/mol. The first kappa shape index (κ1) is 14.6. The lowest BCUT2D eigenvalue weighted by Gasteiger charge is -2.33. The summed E-state index contributed by atoms with van der Waals surface area (Å²) in [4.78, 5) is 14.5. The first-order chi connectivity index (χ1) is 10.1. The van der Waals surface area contributed by atoms with Crippen molar-refractivity contribution in [2.45, 2.75) is 12.5 Å². The number of benzene rings is 2. The molecule has 0 saturated carbocycles. The molecule has 2 N–H and O–H groups in total. The molecule has 0 saturated heterocycles. The summed E-state index contributed by atoms with van der Waals surface area (Å²) in [5.41, 5.74) is 8.59. The van der Waals surface area contributed by atoms with Gasteiger partial charge in [0, 0.05) is 22.7 Å². The summed E-state index contributed by atoms with van der Waals surface area (Å²) in [5.74, 6) is -0.116. The molecule has 1 atom stereocenters. The van der Waals surface area contributed by atoms with Gasteiger partial charge in [-0.2, -0.15) is 0 Å². The number of hydrogen-bond donors (Lipinski definition) is 1. The van der Waals surface area contributed by atoms with Crippen LogP contribution in [0.1, 0.15) is 15.9 Å². The Morgan fingerprint density at radius 1 is 1.29 bits per heavy atom. The number of anilines is 1. The van der Waals surface area contributed by atoms with Crippen molar-refractivity contribution in [1.29, 1.82) is 0 Å². The summed E-state index contributed by atoms with van der Waals surface area (Å²) in [5, 5.41) is 0.436. The maximum atomic E-state index is 12.8. The van der Waals surface area contributed by atoms with Crippen LogP contribution in [0.5, 0.6) is 0 Å². The zero-order valence-corrected chi connectivity index (χ0v) is 13.6. The minimum atomic E-state index is -0.116. The second-order valence-electron chi connectivity index (χ2n) is 5.13. The van der Waals surface area contributed by atoms with Gasteiger partial charge in [0.05, 0.1) is 10.6 Å². The molecule has 0 spiro atoms. The fourth-order valence-corrected chi connectivity index (χ4v) is 3.38. The van der Waals surface area contributed by atoms with Crippen LogP contribution in [0, 0.1) is 0 Å². The van der Waals surface area contributed by atoms with Crippen molar-refractivity contribution >= 4 is 39.1 Å². The maximum absolute atomic E-state index is 12.8. The van der Waals surface area contributed by atoms with Gasteiger partial charge in [-0.1, -0.05) is 45.7 Å². The molecule has 1 aliphatic heterocycles. The second-order valence-corrected chi connectivity index (χ2v) is 6.46. The Morgan fingerprint density at radius 2 is 2.05 bits per heavy atom. The summed E-state index contributed by atoms with van der Waals surface area (Å²) in [6.45, 7) is 0.502. The molecule has 0 aliphatic carbocycles. The Bertz CT molecular complexity index is 704. The van der Waals surface area contributed by atoms with E-state index < -0.39 is 0 Å². The molecule has 3 rings (SSSR count). The summed E-state index contributed by atoms with van der Waals surface area (Å²) < 4.78 is 0.847. The van der Waals surface area contributed by atoms with E-state index in [-0.39, 0.29) is 11.9 Å². The van der Waals surface area contributed by atoms with Gasteiger partial charge in [0.2, 0.25) is 0 Å². The molecule has 1 heterocycles. The van der Waals surface area contributed by atoms with Crippen LogP contribution >= 0.6 is 27.5 Å². The Hall–Kier alpha value is -1.36. The summed E-state index contributed by atoms with van der Waals surface area (Å²) >= 11 is 9.55. The molecule has 108 valence electrons. The molecule has 21 heavy (non-hydrogen) atoms. The van der Waals surface area contributed by atoms with Crippen LogP contribution in [-0.2, 0) is 6.42 Å². The molecular weight excluding hydrogens is 352 g/mol. The van der Waals surface area contributed by atoms with Gasteiger partial charge in [-0.05, 0) is 36.2 Å². The molecule has 1 aliphatic rings. The normalized spacial score (nSPS) is 17.5. The van der Waals surface area contributed by atoms with Crippen molar-refractivity contribution in [3.8, 4) is 0 Å². The van der Waals surface area contributed by atoms with E-state index in [1.807, 2.05) is 30.3 Å². The largest absolute Gasteiger partial charge is 0.326 e. The fraction of sp³-hybridized carbons (Fsp3) is 0.188. The summed E-state index contributed by atoms with van der Waals surface area (Å²) in [6, 6.07) is 13.1. The highest BCUT2D eigenvalue weighted by atomic mass is 79.9. The van der Waals surface area contributed by atoms with Crippen LogP contribution in [0.25, 0.3) is 0 Å². The molecule has 5 heteroatoms. The third kappa shape index (κ3) is 2.84. The lowest BCUT2D eigenvalue weighted by atomic mass is 9.97. The molecule has 0 radical (unpaired) electrons. The average Bonchev–Trinajstić information content (AvgIpc) is 2.45. The molecule has 2 aromatic rings. The molecule has 1 unspecified atom stereocenters. The quantitative estimate of drug-likeness (QED) is 0.839. The van der Waals surface area contributed by atoms with Gasteiger partial charge in [-0.25, -0.2) is 0 Å². The topological polar surface area (TPSA) is 46.3 Å². The van der Waals surface area contributed by atoms with E-state index in [2.05, 4.69) is 15.9 Å². The smallest absolute Gasteiger partial charge is 0.259 e. The van der Waals surface area contributed by atoms with Gasteiger partial charge < -0.3 is 10.6 Å². The minimum absolute atomic E-state index is 0.0573. The first-order valence-corrected chi connectivity index (χ1v) is 7.84. The van der Waals surface area contributed by atoms with E-state index in [0.717, 1.165) is 22.1 Å².